The maximum Gasteiger partial charge on any atom is 0.220 e. The molecule has 0 aliphatic heterocycles. The third kappa shape index (κ3) is 8.75. The van der Waals surface area contributed by atoms with Crippen molar-refractivity contribution >= 4 is 14.0 Å². The molecule has 206 valence electrons. The Bertz CT molecular complexity index is 1160. The van der Waals surface area contributed by atoms with Crippen LogP contribution in [0.5, 0.6) is 0 Å². The quantitative estimate of drug-likeness (QED) is 0.224. The van der Waals surface area contributed by atoms with Gasteiger partial charge in [-0.2, -0.15) is 0 Å². The van der Waals surface area contributed by atoms with E-state index in [0.29, 0.717) is 33.0 Å². The van der Waals surface area contributed by atoms with Crippen LogP contribution in [-0.2, 0) is 34.0 Å². The molecule has 39 heavy (non-hydrogen) atoms. The van der Waals surface area contributed by atoms with Gasteiger partial charge in [-0.1, -0.05) is 122 Å². The van der Waals surface area contributed by atoms with Gasteiger partial charge in [0.2, 0.25) is 5.91 Å². The molecule has 0 radical (unpaired) electrons. The van der Waals surface area contributed by atoms with Gasteiger partial charge in [0, 0.05) is 18.9 Å². The third-order valence-electron chi connectivity index (χ3n) is 7.27. The second-order valence-corrected chi connectivity index (χ2v) is 17.1. The second kappa shape index (κ2) is 13.4. The first-order chi connectivity index (χ1) is 18.7. The van der Waals surface area contributed by atoms with E-state index in [0.717, 1.165) is 18.4 Å². The molecule has 0 aromatic heterocycles. The van der Waals surface area contributed by atoms with Gasteiger partial charge >= 0.3 is 0 Å². The van der Waals surface area contributed by atoms with Gasteiger partial charge in [-0.05, 0) is 29.5 Å². The van der Waals surface area contributed by atoms with E-state index in [4.69, 9.17) is 9.47 Å². The zero-order valence-corrected chi connectivity index (χ0v) is 24.9. The summed E-state index contributed by atoms with van der Waals surface area (Å²) in [6.07, 6.45) is 1.71. The number of hydrogen-bond donors (Lipinski definition) is 0. The zero-order valence-electron chi connectivity index (χ0n) is 23.9. The number of nitrogens with zero attached hydrogens (tertiary/aromatic N) is 1. The molecule has 1 atom stereocenters. The average Bonchev–Trinajstić information content (AvgIpc) is 3.25. The maximum atomic E-state index is 13.1. The van der Waals surface area contributed by atoms with Crippen LogP contribution in [0.3, 0.4) is 0 Å². The Morgan fingerprint density at radius 1 is 0.821 bits per heavy atom. The molecule has 0 bridgehead atoms. The van der Waals surface area contributed by atoms with Crippen molar-refractivity contribution < 1.29 is 14.3 Å². The zero-order chi connectivity index (χ0) is 27.7. The van der Waals surface area contributed by atoms with Crippen molar-refractivity contribution in [1.29, 1.82) is 0 Å². The Balaban J connectivity index is 1.60. The minimum atomic E-state index is -1.55. The summed E-state index contributed by atoms with van der Waals surface area (Å²) in [5, 5.41) is 0. The Morgan fingerprint density at radius 3 is 1.72 bits per heavy atom. The van der Waals surface area contributed by atoms with Crippen molar-refractivity contribution in [2.24, 2.45) is 5.41 Å². The summed E-state index contributed by atoms with van der Waals surface area (Å²) in [4.78, 5) is 15.2. The number of ether oxygens (including phenoxy) is 2. The van der Waals surface area contributed by atoms with Crippen molar-refractivity contribution in [3.8, 4) is 0 Å². The minimum Gasteiger partial charge on any atom is -0.376 e. The SMILES string of the molecule is CC(=O)N(Cc1ccccc1)C1CC(COCc2ccccc2)(COCc2ccccc2)C/C1=C/[Si](C)(C)C. The average molecular weight is 542 g/mol. The lowest BCUT2D eigenvalue weighted by molar-refractivity contribution is -0.131. The molecule has 3 aromatic rings. The van der Waals surface area contributed by atoms with E-state index in [1.54, 1.807) is 6.92 Å². The molecule has 4 rings (SSSR count). The van der Waals surface area contributed by atoms with E-state index >= 15 is 0 Å². The van der Waals surface area contributed by atoms with E-state index < -0.39 is 8.07 Å². The Kier molecular flexibility index (Phi) is 9.95. The highest BCUT2D eigenvalue weighted by Gasteiger charge is 2.46. The molecule has 1 unspecified atom stereocenters. The number of benzene rings is 3. The topological polar surface area (TPSA) is 38.8 Å². The highest BCUT2D eigenvalue weighted by Crippen LogP contribution is 2.46. The molecule has 1 fully saturated rings. The van der Waals surface area contributed by atoms with Crippen LogP contribution >= 0.6 is 0 Å². The van der Waals surface area contributed by atoms with E-state index in [1.807, 2.05) is 54.6 Å². The second-order valence-electron chi connectivity index (χ2n) is 12.1. The summed E-state index contributed by atoms with van der Waals surface area (Å²) in [6, 6.07) is 31.0. The molecular weight excluding hydrogens is 498 g/mol. The molecule has 1 saturated carbocycles. The van der Waals surface area contributed by atoms with Crippen LogP contribution in [0.2, 0.25) is 19.6 Å². The first kappa shape index (κ1) is 29.0. The fraction of sp³-hybridized carbons (Fsp3) is 0.382. The number of hydrogen-bond acceptors (Lipinski definition) is 3. The molecular formula is C34H43NO3Si. The summed E-state index contributed by atoms with van der Waals surface area (Å²) in [5.74, 6) is 0.108. The van der Waals surface area contributed by atoms with Crippen LogP contribution in [-0.4, -0.2) is 38.1 Å². The lowest BCUT2D eigenvalue weighted by Gasteiger charge is -2.32. The Hall–Kier alpha value is -2.99. The van der Waals surface area contributed by atoms with Crippen molar-refractivity contribution in [2.75, 3.05) is 13.2 Å². The van der Waals surface area contributed by atoms with Gasteiger partial charge in [-0.25, -0.2) is 0 Å². The van der Waals surface area contributed by atoms with E-state index in [1.165, 1.54) is 16.7 Å². The molecule has 0 heterocycles. The van der Waals surface area contributed by atoms with E-state index in [2.05, 4.69) is 66.6 Å². The summed E-state index contributed by atoms with van der Waals surface area (Å²) in [6.45, 7) is 11.7. The Labute approximate surface area is 235 Å². The lowest BCUT2D eigenvalue weighted by Crippen LogP contribution is -2.40. The molecule has 5 heteroatoms. The van der Waals surface area contributed by atoms with Crippen molar-refractivity contribution in [3.05, 3.63) is 119 Å². The van der Waals surface area contributed by atoms with Gasteiger partial charge in [-0.3, -0.25) is 4.79 Å². The van der Waals surface area contributed by atoms with Gasteiger partial charge in [0.15, 0.2) is 0 Å². The summed E-state index contributed by atoms with van der Waals surface area (Å²) < 4.78 is 12.8. The number of carbonyl (C=O) groups excluding carboxylic acids is 1. The van der Waals surface area contributed by atoms with E-state index in [-0.39, 0.29) is 17.4 Å². The highest BCUT2D eigenvalue weighted by atomic mass is 28.3. The van der Waals surface area contributed by atoms with E-state index in [9.17, 15) is 4.79 Å². The largest absolute Gasteiger partial charge is 0.376 e. The van der Waals surface area contributed by atoms with Gasteiger partial charge in [0.25, 0.3) is 0 Å². The monoisotopic (exact) mass is 541 g/mol. The molecule has 1 aliphatic rings. The molecule has 4 nitrogen and oxygen atoms in total. The predicted molar refractivity (Wildman–Crippen MR) is 162 cm³/mol. The fourth-order valence-electron chi connectivity index (χ4n) is 5.58. The first-order valence-electron chi connectivity index (χ1n) is 14.0. The number of rotatable bonds is 12. The molecule has 3 aromatic carbocycles. The minimum absolute atomic E-state index is 0.0371. The molecule has 1 aliphatic carbocycles. The summed E-state index contributed by atoms with van der Waals surface area (Å²) >= 11 is 0. The normalized spacial score (nSPS) is 17.8. The van der Waals surface area contributed by atoms with Crippen molar-refractivity contribution in [2.45, 2.75) is 65.2 Å². The predicted octanol–water partition coefficient (Wildman–Crippen LogP) is 7.42. The number of carbonyl (C=O) groups is 1. The van der Waals surface area contributed by atoms with Crippen molar-refractivity contribution in [1.82, 2.24) is 4.90 Å². The molecule has 0 N–H and O–H groups in total. The first-order valence-corrected chi connectivity index (χ1v) is 17.6. The smallest absolute Gasteiger partial charge is 0.220 e. The lowest BCUT2D eigenvalue weighted by atomic mass is 9.87. The third-order valence-corrected chi connectivity index (χ3v) is 8.50. The molecule has 0 spiro atoms. The van der Waals surface area contributed by atoms with Crippen LogP contribution in [0.15, 0.2) is 102 Å². The van der Waals surface area contributed by atoms with Gasteiger partial charge < -0.3 is 14.4 Å². The van der Waals surface area contributed by atoms with Crippen LogP contribution < -0.4 is 0 Å². The fourth-order valence-corrected chi connectivity index (χ4v) is 6.99. The van der Waals surface area contributed by atoms with Gasteiger partial charge in [0.05, 0.1) is 40.5 Å². The summed E-state index contributed by atoms with van der Waals surface area (Å²) in [7, 11) is -1.55. The van der Waals surface area contributed by atoms with Crippen LogP contribution in [0.1, 0.15) is 36.5 Å². The van der Waals surface area contributed by atoms with Crippen LogP contribution in [0.4, 0.5) is 0 Å². The van der Waals surface area contributed by atoms with Gasteiger partial charge in [-0.15, -0.1) is 0 Å². The standard InChI is InChI=1S/C34H43NO3Si/c1-28(36)35(22-29-14-8-5-9-15-29)33-21-34(20-32(33)25-39(2,3)4,26-37-23-30-16-10-6-11-17-30)27-38-24-31-18-12-7-13-19-31/h5-19,25,33H,20-24,26-27H2,1-4H3/b32-25-. The molecule has 0 saturated heterocycles. The Morgan fingerprint density at radius 2 is 1.28 bits per heavy atom. The van der Waals surface area contributed by atoms with Crippen LogP contribution in [0.25, 0.3) is 0 Å². The maximum absolute atomic E-state index is 13.1. The molecule has 1 amide bonds. The highest BCUT2D eigenvalue weighted by molar-refractivity contribution is 6.81. The van der Waals surface area contributed by atoms with Crippen molar-refractivity contribution in [3.63, 3.8) is 0 Å². The number of amides is 1. The summed E-state index contributed by atoms with van der Waals surface area (Å²) in [5.41, 5.74) is 7.16. The van der Waals surface area contributed by atoms with Crippen LogP contribution in [0, 0.1) is 5.41 Å². The van der Waals surface area contributed by atoms with Gasteiger partial charge in [0.1, 0.15) is 0 Å².